The lowest BCUT2D eigenvalue weighted by molar-refractivity contribution is -0.116. The highest BCUT2D eigenvalue weighted by Gasteiger charge is 2.19. The molecule has 150 valence electrons. The van der Waals surface area contributed by atoms with E-state index >= 15 is 0 Å². The molecule has 3 rings (SSSR count). The number of ether oxygens (including phenoxy) is 2. The molecule has 0 radical (unpaired) electrons. The van der Waals surface area contributed by atoms with Gasteiger partial charge in [-0.25, -0.2) is 0 Å². The number of hydrogen-bond acceptors (Lipinski definition) is 5. The minimum Gasteiger partial charge on any atom is -0.497 e. The third-order valence-corrected chi connectivity index (χ3v) is 5.89. The molecule has 0 spiro atoms. The Hall–Kier alpha value is -2.31. The van der Waals surface area contributed by atoms with E-state index in [1.165, 1.54) is 4.88 Å². The predicted molar refractivity (Wildman–Crippen MR) is 114 cm³/mol. The fourth-order valence-corrected chi connectivity index (χ4v) is 4.12. The van der Waals surface area contributed by atoms with E-state index in [0.29, 0.717) is 17.4 Å². The normalized spacial score (nSPS) is 15.6. The number of benzene rings is 1. The van der Waals surface area contributed by atoms with Gasteiger partial charge in [0.2, 0.25) is 5.91 Å². The summed E-state index contributed by atoms with van der Waals surface area (Å²) in [5.74, 6) is 1.89. The Morgan fingerprint density at radius 3 is 2.54 bits per heavy atom. The van der Waals surface area contributed by atoms with Gasteiger partial charge in [-0.3, -0.25) is 9.69 Å². The van der Waals surface area contributed by atoms with Gasteiger partial charge < -0.3 is 14.8 Å². The van der Waals surface area contributed by atoms with Gasteiger partial charge in [0.25, 0.3) is 0 Å². The molecule has 1 amide bonds. The van der Waals surface area contributed by atoms with Crippen LogP contribution in [-0.4, -0.2) is 44.7 Å². The number of nitrogens with zero attached hydrogens (tertiary/aromatic N) is 1. The smallest absolute Gasteiger partial charge is 0.244 e. The molecule has 1 saturated heterocycles. The van der Waals surface area contributed by atoms with Gasteiger partial charge in [-0.15, -0.1) is 11.3 Å². The number of carbonyl (C=O) groups is 1. The molecule has 0 bridgehead atoms. The van der Waals surface area contributed by atoms with Gasteiger partial charge in [-0.2, -0.15) is 0 Å². The van der Waals surface area contributed by atoms with Gasteiger partial charge in [-0.1, -0.05) is 6.07 Å². The SMILES string of the molecule is COc1cc(/C=C/C(=O)NCC2CCN(Cc3cccs3)CC2)cc(OC)c1. The predicted octanol–water partition coefficient (Wildman–Crippen LogP) is 3.81. The standard InChI is InChI=1S/C22H28N2O3S/c1-26-19-12-18(13-20(14-19)27-2)5-6-22(25)23-15-17-7-9-24(10-8-17)16-21-4-3-11-28-21/h3-6,11-14,17H,7-10,15-16H2,1-2H3,(H,23,25)/b6-5+. The van der Waals surface area contributed by atoms with Crippen molar-refractivity contribution < 1.29 is 14.3 Å². The molecule has 2 aromatic rings. The third-order valence-electron chi connectivity index (χ3n) is 5.03. The molecule has 0 saturated carbocycles. The molecular weight excluding hydrogens is 372 g/mol. The molecule has 6 heteroatoms. The van der Waals surface area contributed by atoms with Gasteiger partial charge >= 0.3 is 0 Å². The van der Waals surface area contributed by atoms with Crippen molar-refractivity contribution in [3.63, 3.8) is 0 Å². The second-order valence-electron chi connectivity index (χ2n) is 7.02. The Labute approximate surface area is 171 Å². The lowest BCUT2D eigenvalue weighted by Gasteiger charge is -2.31. The topological polar surface area (TPSA) is 50.8 Å². The summed E-state index contributed by atoms with van der Waals surface area (Å²) in [6, 6.07) is 9.85. The van der Waals surface area contributed by atoms with Gasteiger partial charge in [-0.05, 0) is 67.1 Å². The zero-order valence-electron chi connectivity index (χ0n) is 16.5. The molecule has 1 aromatic carbocycles. The van der Waals surface area contributed by atoms with E-state index in [-0.39, 0.29) is 5.91 Å². The molecule has 1 aliphatic heterocycles. The maximum atomic E-state index is 12.2. The number of hydrogen-bond donors (Lipinski definition) is 1. The quantitative estimate of drug-likeness (QED) is 0.685. The fourth-order valence-electron chi connectivity index (χ4n) is 3.37. The summed E-state index contributed by atoms with van der Waals surface area (Å²) in [5, 5.41) is 5.17. The van der Waals surface area contributed by atoms with Crippen molar-refractivity contribution in [1.82, 2.24) is 10.2 Å². The first-order valence-electron chi connectivity index (χ1n) is 9.60. The number of methoxy groups -OCH3 is 2. The van der Waals surface area contributed by atoms with Crippen LogP contribution in [0.2, 0.25) is 0 Å². The minimum absolute atomic E-state index is 0.0669. The Morgan fingerprint density at radius 1 is 1.21 bits per heavy atom. The Balaban J connectivity index is 1.42. The molecule has 5 nitrogen and oxygen atoms in total. The van der Waals surface area contributed by atoms with Crippen molar-refractivity contribution in [2.45, 2.75) is 19.4 Å². The van der Waals surface area contributed by atoms with Crippen LogP contribution in [0.1, 0.15) is 23.3 Å². The second-order valence-corrected chi connectivity index (χ2v) is 8.06. The van der Waals surface area contributed by atoms with Crippen LogP contribution in [0, 0.1) is 5.92 Å². The molecule has 0 aliphatic carbocycles. The maximum absolute atomic E-state index is 12.2. The number of rotatable bonds is 8. The van der Waals surface area contributed by atoms with Crippen LogP contribution in [0.5, 0.6) is 11.5 Å². The summed E-state index contributed by atoms with van der Waals surface area (Å²) in [5.41, 5.74) is 0.869. The van der Waals surface area contributed by atoms with Crippen LogP contribution >= 0.6 is 11.3 Å². The summed E-state index contributed by atoms with van der Waals surface area (Å²) in [7, 11) is 3.22. The summed E-state index contributed by atoms with van der Waals surface area (Å²) >= 11 is 1.82. The molecule has 0 unspecified atom stereocenters. The van der Waals surface area contributed by atoms with Crippen LogP contribution in [0.4, 0.5) is 0 Å². The average Bonchev–Trinajstić information content (AvgIpc) is 3.24. The highest BCUT2D eigenvalue weighted by atomic mass is 32.1. The number of nitrogens with one attached hydrogen (secondary N) is 1. The van der Waals surface area contributed by atoms with E-state index in [9.17, 15) is 4.79 Å². The van der Waals surface area contributed by atoms with Crippen LogP contribution < -0.4 is 14.8 Å². The summed E-state index contributed by atoms with van der Waals surface area (Å²) in [6.07, 6.45) is 5.61. The first kappa shape index (κ1) is 20.4. The second kappa shape index (κ2) is 10.3. The molecule has 2 heterocycles. The van der Waals surface area contributed by atoms with Crippen LogP contribution in [0.25, 0.3) is 6.08 Å². The van der Waals surface area contributed by atoms with Crippen LogP contribution in [0.3, 0.4) is 0 Å². The average molecular weight is 401 g/mol. The highest BCUT2D eigenvalue weighted by Crippen LogP contribution is 2.23. The first-order valence-corrected chi connectivity index (χ1v) is 10.5. The number of thiophene rings is 1. The Kier molecular flexibility index (Phi) is 7.51. The van der Waals surface area contributed by atoms with Gasteiger partial charge in [0.15, 0.2) is 0 Å². The van der Waals surface area contributed by atoms with Crippen molar-refractivity contribution in [2.75, 3.05) is 33.9 Å². The lowest BCUT2D eigenvalue weighted by atomic mass is 9.96. The zero-order chi connectivity index (χ0) is 19.8. The molecule has 1 aromatic heterocycles. The molecule has 0 atom stereocenters. The molecule has 1 fully saturated rings. The van der Waals surface area contributed by atoms with E-state index in [0.717, 1.165) is 44.6 Å². The summed E-state index contributed by atoms with van der Waals surface area (Å²) in [6.45, 7) is 3.97. The highest BCUT2D eigenvalue weighted by molar-refractivity contribution is 7.09. The monoisotopic (exact) mass is 400 g/mol. The van der Waals surface area contributed by atoms with E-state index in [1.807, 2.05) is 29.5 Å². The van der Waals surface area contributed by atoms with Crippen molar-refractivity contribution in [2.24, 2.45) is 5.92 Å². The Morgan fingerprint density at radius 2 is 1.93 bits per heavy atom. The summed E-state index contributed by atoms with van der Waals surface area (Å²) in [4.78, 5) is 16.1. The lowest BCUT2D eigenvalue weighted by Crippen LogP contribution is -2.37. The molecule has 1 aliphatic rings. The van der Waals surface area contributed by atoms with Crippen molar-refractivity contribution in [3.8, 4) is 11.5 Å². The molecule has 28 heavy (non-hydrogen) atoms. The largest absolute Gasteiger partial charge is 0.497 e. The van der Waals surface area contributed by atoms with E-state index in [2.05, 4.69) is 27.7 Å². The van der Waals surface area contributed by atoms with E-state index < -0.39 is 0 Å². The summed E-state index contributed by atoms with van der Waals surface area (Å²) < 4.78 is 10.5. The van der Waals surface area contributed by atoms with Crippen molar-refractivity contribution in [1.29, 1.82) is 0 Å². The van der Waals surface area contributed by atoms with Crippen molar-refractivity contribution in [3.05, 3.63) is 52.2 Å². The van der Waals surface area contributed by atoms with E-state index in [1.54, 1.807) is 26.4 Å². The van der Waals surface area contributed by atoms with Gasteiger partial charge in [0.05, 0.1) is 14.2 Å². The van der Waals surface area contributed by atoms with Gasteiger partial charge in [0.1, 0.15) is 11.5 Å². The van der Waals surface area contributed by atoms with Crippen LogP contribution in [0.15, 0.2) is 41.8 Å². The zero-order valence-corrected chi connectivity index (χ0v) is 17.3. The number of carbonyl (C=O) groups excluding carboxylic acids is 1. The number of amides is 1. The van der Waals surface area contributed by atoms with E-state index in [4.69, 9.17) is 9.47 Å². The molecular formula is C22H28N2O3S. The molecule has 1 N–H and O–H groups in total. The van der Waals surface area contributed by atoms with Crippen LogP contribution in [-0.2, 0) is 11.3 Å². The number of piperidine rings is 1. The maximum Gasteiger partial charge on any atom is 0.244 e. The van der Waals surface area contributed by atoms with Crippen molar-refractivity contribution >= 4 is 23.3 Å². The fraction of sp³-hybridized carbons (Fsp3) is 0.409. The first-order chi connectivity index (χ1) is 13.7. The minimum atomic E-state index is -0.0669. The van der Waals surface area contributed by atoms with Gasteiger partial charge in [0, 0.05) is 30.1 Å². The Bertz CT molecular complexity index is 759. The number of likely N-dealkylation sites (tertiary alicyclic amines) is 1. The third kappa shape index (κ3) is 6.11.